The molecule has 1 aromatic heterocycles. The van der Waals surface area contributed by atoms with Gasteiger partial charge in [0.2, 0.25) is 0 Å². The lowest BCUT2D eigenvalue weighted by Crippen LogP contribution is -2.14. The molecule has 0 N–H and O–H groups in total. The maximum atomic E-state index is 5.64. The minimum absolute atomic E-state index is 0.565. The van der Waals surface area contributed by atoms with Crippen LogP contribution in [0.15, 0.2) is 6.20 Å². The highest BCUT2D eigenvalue weighted by molar-refractivity contribution is 7.15. The third kappa shape index (κ3) is 2.07. The number of anilines is 1. The van der Waals surface area contributed by atoms with Gasteiger partial charge < -0.3 is 4.90 Å². The molecule has 0 aliphatic carbocycles. The summed E-state index contributed by atoms with van der Waals surface area (Å²) < 4.78 is 0. The molecule has 0 aliphatic rings. The van der Waals surface area contributed by atoms with Gasteiger partial charge in [0.1, 0.15) is 0 Å². The lowest BCUT2D eigenvalue weighted by atomic mass is 10.6. The van der Waals surface area contributed by atoms with E-state index in [1.54, 1.807) is 11.3 Å². The molecule has 62 valence electrons. The van der Waals surface area contributed by atoms with E-state index in [9.17, 15) is 0 Å². The fourth-order valence-corrected chi connectivity index (χ4v) is 1.69. The van der Waals surface area contributed by atoms with Crippen LogP contribution in [0.4, 0.5) is 5.13 Å². The third-order valence-corrected chi connectivity index (χ3v) is 3.03. The predicted molar refractivity (Wildman–Crippen MR) is 50.6 cm³/mol. The fourth-order valence-electron chi connectivity index (χ4n) is 0.671. The molecule has 0 radical (unpaired) electrons. The maximum Gasteiger partial charge on any atom is 0.185 e. The van der Waals surface area contributed by atoms with E-state index in [1.165, 1.54) is 0 Å². The van der Waals surface area contributed by atoms with Crippen molar-refractivity contribution in [2.24, 2.45) is 0 Å². The third-order valence-electron chi connectivity index (χ3n) is 1.47. The quantitative estimate of drug-likeness (QED) is 0.681. The van der Waals surface area contributed by atoms with Crippen molar-refractivity contribution in [2.45, 2.75) is 12.8 Å². The summed E-state index contributed by atoms with van der Waals surface area (Å²) in [5, 5.41) is 1.04. The zero-order valence-corrected chi connectivity index (χ0v) is 8.24. The molecule has 0 saturated heterocycles. The molecule has 1 heterocycles. The molecule has 0 unspecified atom stereocenters. The van der Waals surface area contributed by atoms with E-state index in [-0.39, 0.29) is 0 Å². The molecular weight excluding hydrogens is 180 g/mol. The van der Waals surface area contributed by atoms with Gasteiger partial charge in [-0.05, 0) is 6.92 Å². The number of hydrogen-bond acceptors (Lipinski definition) is 3. The summed E-state index contributed by atoms with van der Waals surface area (Å²) in [5.41, 5.74) is 0. The van der Waals surface area contributed by atoms with E-state index in [0.29, 0.717) is 5.88 Å². The molecular formula is C7H11ClN2S. The van der Waals surface area contributed by atoms with Crippen molar-refractivity contribution in [3.8, 4) is 0 Å². The second-order valence-corrected chi connectivity index (χ2v) is 3.62. The van der Waals surface area contributed by atoms with Gasteiger partial charge in [-0.25, -0.2) is 4.98 Å². The van der Waals surface area contributed by atoms with Crippen LogP contribution in [0.5, 0.6) is 0 Å². The van der Waals surface area contributed by atoms with Crippen LogP contribution < -0.4 is 4.90 Å². The molecule has 0 aromatic carbocycles. The van der Waals surface area contributed by atoms with Gasteiger partial charge in [-0.15, -0.1) is 22.9 Å². The largest absolute Gasteiger partial charge is 0.351 e. The van der Waals surface area contributed by atoms with E-state index in [2.05, 4.69) is 16.8 Å². The van der Waals surface area contributed by atoms with Crippen LogP contribution in [-0.2, 0) is 5.88 Å². The van der Waals surface area contributed by atoms with Gasteiger partial charge in [0.15, 0.2) is 5.13 Å². The zero-order valence-electron chi connectivity index (χ0n) is 6.67. The van der Waals surface area contributed by atoms with Crippen LogP contribution in [0.3, 0.4) is 0 Å². The minimum Gasteiger partial charge on any atom is -0.351 e. The topological polar surface area (TPSA) is 16.1 Å². The Labute approximate surface area is 75.8 Å². The van der Waals surface area contributed by atoms with Gasteiger partial charge in [-0.2, -0.15) is 0 Å². The Balaban J connectivity index is 2.71. The first-order chi connectivity index (χ1) is 5.27. The fraction of sp³-hybridized carbons (Fsp3) is 0.571. The average molecular weight is 191 g/mol. The SMILES string of the molecule is CCN(C)c1ncc(CCl)s1. The summed E-state index contributed by atoms with van der Waals surface area (Å²) in [6.45, 7) is 3.08. The van der Waals surface area contributed by atoms with Crippen LogP contribution in [0, 0.1) is 0 Å². The summed E-state index contributed by atoms with van der Waals surface area (Å²) >= 11 is 7.29. The molecule has 1 aromatic rings. The monoisotopic (exact) mass is 190 g/mol. The summed E-state index contributed by atoms with van der Waals surface area (Å²) in [6, 6.07) is 0. The van der Waals surface area contributed by atoms with Gasteiger partial charge in [0, 0.05) is 24.7 Å². The van der Waals surface area contributed by atoms with Crippen molar-refractivity contribution in [1.29, 1.82) is 0 Å². The number of hydrogen-bond donors (Lipinski definition) is 0. The van der Waals surface area contributed by atoms with Crippen molar-refractivity contribution in [3.05, 3.63) is 11.1 Å². The molecule has 0 saturated carbocycles. The molecule has 0 spiro atoms. The second-order valence-electron chi connectivity index (χ2n) is 2.26. The van der Waals surface area contributed by atoms with Crippen LogP contribution in [-0.4, -0.2) is 18.6 Å². The molecule has 11 heavy (non-hydrogen) atoms. The normalized spacial score (nSPS) is 10.1. The summed E-state index contributed by atoms with van der Waals surface area (Å²) in [5.74, 6) is 0.565. The van der Waals surface area contributed by atoms with Crippen LogP contribution in [0.2, 0.25) is 0 Å². The number of aromatic nitrogens is 1. The van der Waals surface area contributed by atoms with Gasteiger partial charge in [0.05, 0.1) is 5.88 Å². The Morgan fingerprint density at radius 1 is 1.73 bits per heavy atom. The van der Waals surface area contributed by atoms with Gasteiger partial charge in [-0.1, -0.05) is 0 Å². The molecule has 0 aliphatic heterocycles. The molecule has 0 amide bonds. The summed E-state index contributed by atoms with van der Waals surface area (Å²) in [6.07, 6.45) is 1.83. The summed E-state index contributed by atoms with van der Waals surface area (Å²) in [7, 11) is 2.02. The average Bonchev–Trinajstić information content (AvgIpc) is 2.50. The van der Waals surface area contributed by atoms with E-state index in [4.69, 9.17) is 11.6 Å². The smallest absolute Gasteiger partial charge is 0.185 e. The van der Waals surface area contributed by atoms with Gasteiger partial charge in [0.25, 0.3) is 0 Å². The van der Waals surface area contributed by atoms with Crippen molar-refractivity contribution in [3.63, 3.8) is 0 Å². The number of halogens is 1. The standard InChI is InChI=1S/C7H11ClN2S/c1-3-10(2)7-9-5-6(4-8)11-7/h5H,3-4H2,1-2H3. The first kappa shape index (κ1) is 8.81. The van der Waals surface area contributed by atoms with E-state index in [1.807, 2.05) is 13.2 Å². The van der Waals surface area contributed by atoms with Gasteiger partial charge >= 0.3 is 0 Å². The first-order valence-electron chi connectivity index (χ1n) is 3.49. The lowest BCUT2D eigenvalue weighted by Gasteiger charge is -2.10. The van der Waals surface area contributed by atoms with Crippen molar-refractivity contribution in [1.82, 2.24) is 4.98 Å². The highest BCUT2D eigenvalue weighted by Gasteiger charge is 2.03. The highest BCUT2D eigenvalue weighted by atomic mass is 35.5. The van der Waals surface area contributed by atoms with Crippen LogP contribution >= 0.6 is 22.9 Å². The maximum absolute atomic E-state index is 5.64. The van der Waals surface area contributed by atoms with Crippen LogP contribution in [0.1, 0.15) is 11.8 Å². The Morgan fingerprint density at radius 3 is 2.91 bits per heavy atom. The van der Waals surface area contributed by atoms with E-state index >= 15 is 0 Å². The van der Waals surface area contributed by atoms with Crippen molar-refractivity contribution in [2.75, 3.05) is 18.5 Å². The van der Waals surface area contributed by atoms with Gasteiger partial charge in [-0.3, -0.25) is 0 Å². The lowest BCUT2D eigenvalue weighted by molar-refractivity contribution is 0.958. The number of nitrogens with zero attached hydrogens (tertiary/aromatic N) is 2. The Bertz CT molecular complexity index is 224. The van der Waals surface area contributed by atoms with E-state index in [0.717, 1.165) is 16.6 Å². The molecule has 2 nitrogen and oxygen atoms in total. The van der Waals surface area contributed by atoms with E-state index < -0.39 is 0 Å². The van der Waals surface area contributed by atoms with Crippen molar-refractivity contribution < 1.29 is 0 Å². The Kier molecular flexibility index (Phi) is 3.15. The minimum atomic E-state index is 0.565. The molecule has 1 rings (SSSR count). The molecule has 0 fully saturated rings. The number of thiazole rings is 1. The summed E-state index contributed by atoms with van der Waals surface area (Å²) in [4.78, 5) is 7.44. The zero-order chi connectivity index (χ0) is 8.27. The second kappa shape index (κ2) is 3.93. The molecule has 0 atom stereocenters. The van der Waals surface area contributed by atoms with Crippen LogP contribution in [0.25, 0.3) is 0 Å². The Hall–Kier alpha value is -0.280. The highest BCUT2D eigenvalue weighted by Crippen LogP contribution is 2.22. The van der Waals surface area contributed by atoms with Crippen molar-refractivity contribution >= 4 is 28.1 Å². The molecule has 4 heteroatoms. The number of rotatable bonds is 3. The molecule has 0 bridgehead atoms. The number of alkyl halides is 1. The predicted octanol–water partition coefficient (Wildman–Crippen LogP) is 2.34. The Morgan fingerprint density at radius 2 is 2.45 bits per heavy atom. The first-order valence-corrected chi connectivity index (χ1v) is 4.84.